The van der Waals surface area contributed by atoms with E-state index in [0.717, 1.165) is 16.8 Å². The summed E-state index contributed by atoms with van der Waals surface area (Å²) >= 11 is 0. The third kappa shape index (κ3) is 8.27. The molecule has 0 unspecified atom stereocenters. The summed E-state index contributed by atoms with van der Waals surface area (Å²) in [6.07, 6.45) is 7.55. The molecule has 55 heavy (non-hydrogen) atoms. The third-order valence-electron chi connectivity index (χ3n) is 8.81. The quantitative estimate of drug-likeness (QED) is 0.123. The first-order valence-corrected chi connectivity index (χ1v) is 17.7. The van der Waals surface area contributed by atoms with Crippen molar-refractivity contribution >= 4 is 22.1 Å². The predicted molar refractivity (Wildman–Crippen MR) is 217 cm³/mol. The molecular formula is C49H40IrN4O+. The van der Waals surface area contributed by atoms with Gasteiger partial charge in [-0.25, -0.2) is 4.98 Å². The van der Waals surface area contributed by atoms with E-state index in [1.165, 1.54) is 28.3 Å². The molecule has 0 saturated heterocycles. The van der Waals surface area contributed by atoms with Crippen molar-refractivity contribution in [3.63, 3.8) is 0 Å². The maximum Gasteiger partial charge on any atom is 3.00 e. The Bertz CT molecular complexity index is 2830. The van der Waals surface area contributed by atoms with Crippen LogP contribution in [0.1, 0.15) is 38.9 Å². The van der Waals surface area contributed by atoms with Crippen molar-refractivity contribution in [2.75, 3.05) is 0 Å². The number of rotatable bonds is 6. The summed E-state index contributed by atoms with van der Waals surface area (Å²) < 4.78 is 49.8. The molecule has 0 N–H and O–H groups in total. The molecule has 5 nitrogen and oxygen atoms in total. The Morgan fingerprint density at radius 3 is 2.18 bits per heavy atom. The third-order valence-corrected chi connectivity index (χ3v) is 8.81. The van der Waals surface area contributed by atoms with Crippen LogP contribution in [0.25, 0.3) is 67.0 Å². The van der Waals surface area contributed by atoms with Crippen LogP contribution in [-0.4, -0.2) is 14.5 Å². The number of benzene rings is 5. The number of para-hydroxylation sites is 2. The number of pyridine rings is 2. The van der Waals surface area contributed by atoms with Gasteiger partial charge >= 0.3 is 20.1 Å². The van der Waals surface area contributed by atoms with Gasteiger partial charge < -0.3 is 14.0 Å². The van der Waals surface area contributed by atoms with Gasteiger partial charge in [-0.15, -0.1) is 18.2 Å². The first-order chi connectivity index (χ1) is 28.3. The second-order valence-corrected chi connectivity index (χ2v) is 13.9. The molecule has 0 aliphatic heterocycles. The summed E-state index contributed by atoms with van der Waals surface area (Å²) in [4.78, 5) is 8.60. The molecule has 0 spiro atoms. The van der Waals surface area contributed by atoms with Crippen LogP contribution in [0.3, 0.4) is 0 Å². The molecule has 0 fully saturated rings. The molecular weight excluding hydrogens is 853 g/mol. The SMILES string of the molecule is [2H]C([2H])([2H])c1ccc2c(n1)oc1c(-c3cc(C([2H])([2H])C(C)(C)C)ccn3)[c-]ccc12.[Ir+3].[c-]1ccccc1-[n+]1[c-]n(-c2c(-c3ccccc3)cccc2-c2ccccc2)cc1. The fourth-order valence-electron chi connectivity index (χ4n) is 6.50. The molecule has 5 aromatic carbocycles. The van der Waals surface area contributed by atoms with E-state index >= 15 is 0 Å². The minimum atomic E-state index is -2.32. The monoisotopic (exact) mass is 898 g/mol. The number of fused-ring (bicyclic) bond motifs is 3. The molecule has 9 aromatic rings. The number of furan rings is 1. The Kier molecular flexibility index (Phi) is 9.25. The second-order valence-electron chi connectivity index (χ2n) is 13.9. The largest absolute Gasteiger partial charge is 3.00 e. The van der Waals surface area contributed by atoms with E-state index in [4.69, 9.17) is 11.3 Å². The van der Waals surface area contributed by atoms with Gasteiger partial charge in [0, 0.05) is 36.5 Å². The van der Waals surface area contributed by atoms with Crippen LogP contribution in [0, 0.1) is 30.7 Å². The molecule has 0 bridgehead atoms. The van der Waals surface area contributed by atoms with Gasteiger partial charge in [-0.2, -0.15) is 30.3 Å². The molecule has 270 valence electrons. The van der Waals surface area contributed by atoms with Gasteiger partial charge in [0.25, 0.3) is 6.33 Å². The topological polar surface area (TPSA) is 47.7 Å². The maximum atomic E-state index is 8.55. The van der Waals surface area contributed by atoms with Crippen molar-refractivity contribution in [2.24, 2.45) is 5.41 Å². The van der Waals surface area contributed by atoms with Gasteiger partial charge in [-0.3, -0.25) is 4.57 Å². The summed E-state index contributed by atoms with van der Waals surface area (Å²) in [5, 5.41) is 1.48. The van der Waals surface area contributed by atoms with Gasteiger partial charge in [-0.05, 0) is 70.5 Å². The Morgan fingerprint density at radius 2 is 1.51 bits per heavy atom. The van der Waals surface area contributed by atoms with E-state index in [2.05, 4.69) is 106 Å². The van der Waals surface area contributed by atoms with Gasteiger partial charge in [0.1, 0.15) is 0 Å². The number of hydrogen-bond acceptors (Lipinski definition) is 3. The van der Waals surface area contributed by atoms with Gasteiger partial charge in [0.05, 0.1) is 11.3 Å². The molecule has 0 saturated carbocycles. The standard InChI is InChI=1S/C27H19N2.C22H21N2O.Ir/c1-4-11-22(12-5-1)25-17-10-18-26(23-13-6-2-7-14-23)27(25)29-20-19-28(21-29)24-15-8-3-9-16-24;1-14-8-9-17-16-6-5-7-18(20(16)25-21(17)24-14)19-12-15(10-11-23-19)13-22(2,3)4;/h1-15,17-20H;5-6,8-12H,13H2,1-4H3;/q2*-1;+3/i;1D3,13D2;. The average Bonchev–Trinajstić information content (AvgIpc) is 3.89. The van der Waals surface area contributed by atoms with E-state index in [-0.39, 0.29) is 31.5 Å². The fourth-order valence-corrected chi connectivity index (χ4v) is 6.50. The number of imidazole rings is 1. The molecule has 0 aliphatic carbocycles. The minimum Gasteiger partial charge on any atom is -0.486 e. The minimum absolute atomic E-state index is 0. The summed E-state index contributed by atoms with van der Waals surface area (Å²) in [5.74, 6) is 0. The van der Waals surface area contributed by atoms with Gasteiger partial charge in [0.15, 0.2) is 0 Å². The van der Waals surface area contributed by atoms with E-state index < -0.39 is 18.6 Å². The van der Waals surface area contributed by atoms with E-state index in [9.17, 15) is 0 Å². The fraction of sp³-hybridized carbons (Fsp3) is 0.122. The van der Waals surface area contributed by atoms with Gasteiger partial charge in [0.2, 0.25) is 5.71 Å². The maximum absolute atomic E-state index is 8.55. The van der Waals surface area contributed by atoms with Crippen LogP contribution in [0.15, 0.2) is 163 Å². The number of nitrogens with zero attached hydrogens (tertiary/aromatic N) is 4. The summed E-state index contributed by atoms with van der Waals surface area (Å²) in [6, 6.07) is 51.9. The average molecular weight is 898 g/mol. The van der Waals surface area contributed by atoms with Crippen molar-refractivity contribution in [1.82, 2.24) is 14.5 Å². The van der Waals surface area contributed by atoms with Crippen LogP contribution in [0.4, 0.5) is 0 Å². The molecule has 0 aliphatic rings. The van der Waals surface area contributed by atoms with E-state index in [1.807, 2.05) is 74.0 Å². The zero-order valence-electron chi connectivity index (χ0n) is 35.5. The Hall–Kier alpha value is -5.94. The molecule has 0 amide bonds. The van der Waals surface area contributed by atoms with Crippen molar-refractivity contribution < 1.29 is 35.9 Å². The van der Waals surface area contributed by atoms with Crippen LogP contribution < -0.4 is 4.57 Å². The number of aryl methyl sites for hydroxylation is 1. The number of aromatic nitrogens is 4. The summed E-state index contributed by atoms with van der Waals surface area (Å²) in [7, 11) is 0. The van der Waals surface area contributed by atoms with Crippen molar-refractivity contribution in [1.29, 1.82) is 0 Å². The van der Waals surface area contributed by atoms with Crippen LogP contribution in [-0.2, 0) is 26.5 Å². The van der Waals surface area contributed by atoms with Crippen molar-refractivity contribution in [3.05, 3.63) is 188 Å². The second kappa shape index (κ2) is 16.2. The Labute approximate surface area is 343 Å². The Morgan fingerprint density at radius 1 is 0.782 bits per heavy atom. The normalized spacial score (nSPS) is 13.0. The first kappa shape index (κ1) is 31.4. The molecule has 9 rings (SSSR count). The van der Waals surface area contributed by atoms with E-state index in [0.29, 0.717) is 27.8 Å². The van der Waals surface area contributed by atoms with Crippen molar-refractivity contribution in [2.45, 2.75) is 34.0 Å². The van der Waals surface area contributed by atoms with Crippen molar-refractivity contribution in [3.8, 4) is 44.9 Å². The number of hydrogen-bond donors (Lipinski definition) is 0. The van der Waals surface area contributed by atoms with Crippen LogP contribution >= 0.6 is 0 Å². The molecule has 4 heterocycles. The molecule has 0 radical (unpaired) electrons. The molecule has 6 heteroatoms. The predicted octanol–water partition coefficient (Wildman–Crippen LogP) is 11.4. The first-order valence-electron chi connectivity index (χ1n) is 20.2. The zero-order chi connectivity index (χ0) is 41.4. The molecule has 4 aromatic heterocycles. The van der Waals surface area contributed by atoms with Crippen LogP contribution in [0.5, 0.6) is 0 Å². The Balaban J connectivity index is 0.000000179. The molecule has 0 atom stereocenters. The summed E-state index contributed by atoms with van der Waals surface area (Å²) in [5.41, 5.74) is 8.49. The zero-order valence-corrected chi connectivity index (χ0v) is 32.9. The van der Waals surface area contributed by atoms with Crippen LogP contribution in [0.2, 0.25) is 0 Å². The smallest absolute Gasteiger partial charge is 0.486 e. The van der Waals surface area contributed by atoms with Gasteiger partial charge in [-0.1, -0.05) is 122 Å². The van der Waals surface area contributed by atoms with E-state index in [1.54, 1.807) is 30.5 Å². The summed E-state index contributed by atoms with van der Waals surface area (Å²) in [6.45, 7) is 3.24.